The van der Waals surface area contributed by atoms with E-state index in [2.05, 4.69) is 10.3 Å². The van der Waals surface area contributed by atoms with Gasteiger partial charge in [0, 0.05) is 24.4 Å². The molecule has 0 saturated carbocycles. The van der Waals surface area contributed by atoms with Crippen molar-refractivity contribution in [3.63, 3.8) is 0 Å². The van der Waals surface area contributed by atoms with Crippen molar-refractivity contribution in [2.75, 3.05) is 0 Å². The summed E-state index contributed by atoms with van der Waals surface area (Å²) >= 11 is 0. The number of hydrogen-bond acceptors (Lipinski definition) is 3. The van der Waals surface area contributed by atoms with Crippen molar-refractivity contribution in [2.45, 2.75) is 32.7 Å². The number of rotatable bonds is 5. The number of aliphatic carboxylic acids is 1. The summed E-state index contributed by atoms with van der Waals surface area (Å²) in [5.41, 5.74) is 1.19. The molecule has 5 heteroatoms. The fourth-order valence-corrected chi connectivity index (χ4v) is 1.44. The van der Waals surface area contributed by atoms with Crippen LogP contribution in [0.5, 0.6) is 0 Å². The van der Waals surface area contributed by atoms with Crippen LogP contribution in [0.2, 0.25) is 0 Å². The molecule has 1 rings (SSSR count). The summed E-state index contributed by atoms with van der Waals surface area (Å²) in [6.07, 6.45) is 2.09. The molecule has 2 N–H and O–H groups in total. The highest BCUT2D eigenvalue weighted by Crippen LogP contribution is 2.05. The van der Waals surface area contributed by atoms with E-state index in [1.54, 1.807) is 32.2 Å². The van der Waals surface area contributed by atoms with E-state index < -0.39 is 5.97 Å². The molecule has 1 heterocycles. The second-order valence-corrected chi connectivity index (χ2v) is 3.94. The summed E-state index contributed by atoms with van der Waals surface area (Å²) in [5.74, 6) is -1.07. The van der Waals surface area contributed by atoms with E-state index in [0.29, 0.717) is 17.7 Å². The number of carbonyl (C=O) groups excluding carboxylic acids is 1. The first-order valence-electron chi connectivity index (χ1n) is 5.45. The lowest BCUT2D eigenvalue weighted by molar-refractivity contribution is -0.137. The number of pyridine rings is 1. The molecule has 0 aromatic carbocycles. The zero-order valence-corrected chi connectivity index (χ0v) is 9.93. The molecule has 0 aliphatic heterocycles. The van der Waals surface area contributed by atoms with Gasteiger partial charge in [0.25, 0.3) is 5.91 Å². The topological polar surface area (TPSA) is 79.3 Å². The third kappa shape index (κ3) is 4.22. The fraction of sp³-hybridized carbons (Fsp3) is 0.417. The largest absolute Gasteiger partial charge is 0.481 e. The van der Waals surface area contributed by atoms with Gasteiger partial charge < -0.3 is 10.4 Å². The SMILES string of the molecule is Cc1ncccc1C(=O)NC(C)CCC(=O)O. The lowest BCUT2D eigenvalue weighted by Gasteiger charge is -2.13. The van der Waals surface area contributed by atoms with Crippen molar-refractivity contribution in [2.24, 2.45) is 0 Å². The number of carboxylic acids is 1. The van der Waals surface area contributed by atoms with E-state index in [9.17, 15) is 9.59 Å². The maximum absolute atomic E-state index is 11.8. The zero-order valence-electron chi connectivity index (χ0n) is 9.93. The summed E-state index contributed by atoms with van der Waals surface area (Å²) in [5, 5.41) is 11.3. The molecule has 17 heavy (non-hydrogen) atoms. The van der Waals surface area contributed by atoms with Gasteiger partial charge in [-0.3, -0.25) is 14.6 Å². The van der Waals surface area contributed by atoms with Crippen LogP contribution in [0.15, 0.2) is 18.3 Å². The van der Waals surface area contributed by atoms with Crippen LogP contribution < -0.4 is 5.32 Å². The highest BCUT2D eigenvalue weighted by atomic mass is 16.4. The van der Waals surface area contributed by atoms with E-state index in [-0.39, 0.29) is 18.4 Å². The Balaban J connectivity index is 2.55. The van der Waals surface area contributed by atoms with Gasteiger partial charge >= 0.3 is 5.97 Å². The fourth-order valence-electron chi connectivity index (χ4n) is 1.44. The standard InChI is InChI=1S/C12H16N2O3/c1-8(5-6-11(15)16)14-12(17)10-4-3-7-13-9(10)2/h3-4,7-8H,5-6H2,1-2H3,(H,14,17)(H,15,16). The second kappa shape index (κ2) is 5.98. The highest BCUT2D eigenvalue weighted by Gasteiger charge is 2.12. The van der Waals surface area contributed by atoms with E-state index in [4.69, 9.17) is 5.11 Å². The first-order chi connectivity index (χ1) is 8.00. The van der Waals surface area contributed by atoms with Crippen molar-refractivity contribution in [1.82, 2.24) is 10.3 Å². The highest BCUT2D eigenvalue weighted by molar-refractivity contribution is 5.95. The van der Waals surface area contributed by atoms with Crippen LogP contribution in [-0.4, -0.2) is 28.0 Å². The van der Waals surface area contributed by atoms with E-state index in [1.807, 2.05) is 0 Å². The van der Waals surface area contributed by atoms with Gasteiger partial charge in [0.1, 0.15) is 0 Å². The van der Waals surface area contributed by atoms with Crippen molar-refractivity contribution >= 4 is 11.9 Å². The normalized spacial score (nSPS) is 11.9. The average molecular weight is 236 g/mol. The van der Waals surface area contributed by atoms with E-state index in [0.717, 1.165) is 0 Å². The number of aromatic nitrogens is 1. The predicted molar refractivity (Wildman–Crippen MR) is 62.8 cm³/mol. The van der Waals surface area contributed by atoms with Gasteiger partial charge in [-0.25, -0.2) is 0 Å². The number of carbonyl (C=O) groups is 2. The number of hydrogen-bond donors (Lipinski definition) is 2. The van der Waals surface area contributed by atoms with Crippen LogP contribution in [0.25, 0.3) is 0 Å². The molecule has 1 amide bonds. The van der Waals surface area contributed by atoms with Gasteiger partial charge in [-0.2, -0.15) is 0 Å². The van der Waals surface area contributed by atoms with Crippen molar-refractivity contribution in [1.29, 1.82) is 0 Å². The van der Waals surface area contributed by atoms with E-state index >= 15 is 0 Å². The third-order valence-electron chi connectivity index (χ3n) is 2.42. The molecule has 0 spiro atoms. The predicted octanol–water partition coefficient (Wildman–Crippen LogP) is 1.37. The summed E-state index contributed by atoms with van der Waals surface area (Å²) in [7, 11) is 0. The van der Waals surface area contributed by atoms with Crippen molar-refractivity contribution in [3.8, 4) is 0 Å². The molecule has 1 aromatic heterocycles. The Labute approximate surface area is 99.9 Å². The maximum Gasteiger partial charge on any atom is 0.303 e. The second-order valence-electron chi connectivity index (χ2n) is 3.94. The number of amides is 1. The zero-order chi connectivity index (χ0) is 12.8. The Bertz CT molecular complexity index is 418. The van der Waals surface area contributed by atoms with Crippen molar-refractivity contribution in [3.05, 3.63) is 29.6 Å². The minimum Gasteiger partial charge on any atom is -0.481 e. The number of carboxylic acid groups (broad SMARTS) is 1. The molecule has 0 fully saturated rings. The minimum absolute atomic E-state index is 0.0491. The smallest absolute Gasteiger partial charge is 0.303 e. The van der Waals surface area contributed by atoms with Crippen LogP contribution >= 0.6 is 0 Å². The van der Waals surface area contributed by atoms with Gasteiger partial charge in [-0.15, -0.1) is 0 Å². The van der Waals surface area contributed by atoms with Gasteiger partial charge in [0.15, 0.2) is 0 Å². The molecule has 0 saturated heterocycles. The molecular weight excluding hydrogens is 220 g/mol. The van der Waals surface area contributed by atoms with Gasteiger partial charge in [0.05, 0.1) is 5.56 Å². The van der Waals surface area contributed by atoms with Gasteiger partial charge in [-0.05, 0) is 32.4 Å². The van der Waals surface area contributed by atoms with Crippen LogP contribution in [0, 0.1) is 6.92 Å². The number of nitrogens with zero attached hydrogens (tertiary/aromatic N) is 1. The molecule has 0 bridgehead atoms. The molecule has 92 valence electrons. The number of aryl methyl sites for hydroxylation is 1. The molecule has 1 unspecified atom stereocenters. The van der Waals surface area contributed by atoms with Crippen molar-refractivity contribution < 1.29 is 14.7 Å². The molecule has 1 atom stereocenters. The Morgan fingerprint density at radius 1 is 1.53 bits per heavy atom. The summed E-state index contributed by atoms with van der Waals surface area (Å²) < 4.78 is 0. The average Bonchev–Trinajstić information content (AvgIpc) is 2.26. The Kier molecular flexibility index (Phi) is 4.63. The van der Waals surface area contributed by atoms with Crippen LogP contribution in [0.1, 0.15) is 35.8 Å². The Morgan fingerprint density at radius 2 is 2.24 bits per heavy atom. The Hall–Kier alpha value is -1.91. The lowest BCUT2D eigenvalue weighted by atomic mass is 10.1. The molecule has 0 radical (unpaired) electrons. The first-order valence-corrected chi connectivity index (χ1v) is 5.45. The third-order valence-corrected chi connectivity index (χ3v) is 2.42. The monoisotopic (exact) mass is 236 g/mol. The van der Waals surface area contributed by atoms with Gasteiger partial charge in [-0.1, -0.05) is 0 Å². The van der Waals surface area contributed by atoms with Crippen LogP contribution in [0.4, 0.5) is 0 Å². The molecular formula is C12H16N2O3. The summed E-state index contributed by atoms with van der Waals surface area (Å²) in [4.78, 5) is 26.2. The van der Waals surface area contributed by atoms with E-state index in [1.165, 1.54) is 0 Å². The molecule has 5 nitrogen and oxygen atoms in total. The maximum atomic E-state index is 11.8. The van der Waals surface area contributed by atoms with Crippen LogP contribution in [0.3, 0.4) is 0 Å². The first kappa shape index (κ1) is 13.2. The lowest BCUT2D eigenvalue weighted by Crippen LogP contribution is -2.33. The minimum atomic E-state index is -0.858. The molecule has 1 aromatic rings. The summed E-state index contributed by atoms with van der Waals surface area (Å²) in [6, 6.07) is 3.23. The molecule has 0 aliphatic carbocycles. The molecule has 0 aliphatic rings. The number of nitrogens with one attached hydrogen (secondary N) is 1. The van der Waals surface area contributed by atoms with Gasteiger partial charge in [0.2, 0.25) is 0 Å². The van der Waals surface area contributed by atoms with Crippen LogP contribution in [-0.2, 0) is 4.79 Å². The summed E-state index contributed by atoms with van der Waals surface area (Å²) in [6.45, 7) is 3.55. The Morgan fingerprint density at radius 3 is 2.82 bits per heavy atom. The quantitative estimate of drug-likeness (QED) is 0.809.